The number of imidazole rings is 1. The Labute approximate surface area is 97.7 Å². The summed E-state index contributed by atoms with van der Waals surface area (Å²) in [6.45, 7) is 0.260. The van der Waals surface area contributed by atoms with Gasteiger partial charge in [0.15, 0.2) is 5.65 Å². The fourth-order valence-corrected chi connectivity index (χ4v) is 2.02. The van der Waals surface area contributed by atoms with Crippen LogP contribution in [0.1, 0.15) is 30.0 Å². The molecule has 1 fully saturated rings. The molecule has 0 radical (unpaired) electrons. The van der Waals surface area contributed by atoms with Crippen molar-refractivity contribution in [1.29, 1.82) is 0 Å². The molecule has 2 N–H and O–H groups in total. The van der Waals surface area contributed by atoms with E-state index in [-0.39, 0.29) is 6.54 Å². The minimum atomic E-state index is 0.260. The van der Waals surface area contributed by atoms with E-state index >= 15 is 0 Å². The van der Waals surface area contributed by atoms with Crippen molar-refractivity contribution in [3.05, 3.63) is 40.2 Å². The van der Waals surface area contributed by atoms with Crippen molar-refractivity contribution in [1.82, 2.24) is 9.38 Å². The van der Waals surface area contributed by atoms with Crippen LogP contribution in [-0.2, 0) is 6.54 Å². The lowest BCUT2D eigenvalue weighted by atomic mass is 10.2. The molecule has 6 nitrogen and oxygen atoms in total. The molecule has 17 heavy (non-hydrogen) atoms. The van der Waals surface area contributed by atoms with Gasteiger partial charge in [-0.3, -0.25) is 0 Å². The molecular weight excluding hydrogens is 216 g/mol. The Kier molecular flexibility index (Phi) is 2.16. The highest BCUT2D eigenvalue weighted by atomic mass is 15.1. The number of anilines is 1. The maximum Gasteiger partial charge on any atom is 0.160 e. The molecule has 0 spiro atoms. The number of rotatable bonds is 3. The summed E-state index contributed by atoms with van der Waals surface area (Å²) >= 11 is 0. The maximum atomic E-state index is 8.28. The van der Waals surface area contributed by atoms with E-state index in [0.717, 1.165) is 11.3 Å². The molecule has 0 aromatic carbocycles. The van der Waals surface area contributed by atoms with Gasteiger partial charge in [-0.1, -0.05) is 5.11 Å². The first kappa shape index (κ1) is 9.99. The van der Waals surface area contributed by atoms with Crippen LogP contribution >= 0.6 is 0 Å². The van der Waals surface area contributed by atoms with Crippen molar-refractivity contribution in [2.45, 2.75) is 25.3 Å². The molecule has 6 heteroatoms. The molecule has 2 aromatic rings. The number of nitrogen functional groups attached to an aromatic ring is 1. The first-order valence-corrected chi connectivity index (χ1v) is 5.56. The van der Waals surface area contributed by atoms with E-state index in [1.165, 1.54) is 18.4 Å². The molecule has 0 atom stereocenters. The minimum absolute atomic E-state index is 0.260. The number of pyridine rings is 1. The van der Waals surface area contributed by atoms with Gasteiger partial charge in [0.1, 0.15) is 0 Å². The number of nitrogens with two attached hydrogens (primary N) is 1. The van der Waals surface area contributed by atoms with E-state index in [1.807, 2.05) is 16.7 Å². The zero-order valence-corrected chi connectivity index (χ0v) is 9.24. The summed E-state index contributed by atoms with van der Waals surface area (Å²) in [7, 11) is 0. The van der Waals surface area contributed by atoms with Crippen molar-refractivity contribution in [3.8, 4) is 0 Å². The molecule has 2 heterocycles. The highest BCUT2D eigenvalue weighted by Gasteiger charge is 2.24. The van der Waals surface area contributed by atoms with Crippen LogP contribution in [0.15, 0.2) is 23.6 Å². The van der Waals surface area contributed by atoms with E-state index in [4.69, 9.17) is 11.3 Å². The Hall–Kier alpha value is -2.20. The molecule has 0 aliphatic heterocycles. The van der Waals surface area contributed by atoms with E-state index in [0.29, 0.717) is 11.6 Å². The second-order valence-corrected chi connectivity index (χ2v) is 4.36. The lowest BCUT2D eigenvalue weighted by Gasteiger charge is -2.02. The second kappa shape index (κ2) is 3.68. The molecule has 86 valence electrons. The molecule has 2 aromatic heterocycles. The Morgan fingerprint density at radius 3 is 3.06 bits per heavy atom. The molecule has 0 saturated heterocycles. The second-order valence-electron chi connectivity index (χ2n) is 4.36. The molecule has 1 aliphatic rings. The summed E-state index contributed by atoms with van der Waals surface area (Å²) in [5.74, 6) is 0.657. The van der Waals surface area contributed by atoms with Crippen LogP contribution in [0.5, 0.6) is 0 Å². The van der Waals surface area contributed by atoms with Crippen LogP contribution < -0.4 is 5.73 Å². The normalized spacial score (nSPS) is 14.8. The number of azide groups is 1. The highest BCUT2D eigenvalue weighted by Crippen LogP contribution is 2.40. The fraction of sp³-hybridized carbons (Fsp3) is 0.364. The SMILES string of the molecule is [N-]=[N+]=NCc1cn2cc(C3CC3)cc(N)c2n1. The number of fused-ring (bicyclic) bond motifs is 1. The van der Waals surface area contributed by atoms with Gasteiger partial charge in [-0.05, 0) is 35.9 Å². The molecule has 0 amide bonds. The third-order valence-corrected chi connectivity index (χ3v) is 3.00. The Morgan fingerprint density at radius 2 is 2.35 bits per heavy atom. The summed E-state index contributed by atoms with van der Waals surface area (Å²) in [6.07, 6.45) is 6.42. The zero-order valence-electron chi connectivity index (χ0n) is 9.24. The molecule has 0 bridgehead atoms. The van der Waals surface area contributed by atoms with Crippen LogP contribution in [0.2, 0.25) is 0 Å². The van der Waals surface area contributed by atoms with Gasteiger partial charge in [-0.25, -0.2) is 4.98 Å². The number of hydrogen-bond acceptors (Lipinski definition) is 3. The first-order valence-electron chi connectivity index (χ1n) is 5.56. The smallest absolute Gasteiger partial charge is 0.160 e. The number of aromatic nitrogens is 2. The standard InChI is InChI=1S/C11H12N6/c12-10-3-8(7-1-2-7)5-17-6-9(4-14-16-13)15-11(10)17/h3,5-7H,1-2,4,12H2. The lowest BCUT2D eigenvalue weighted by Crippen LogP contribution is -1.95. The van der Waals surface area contributed by atoms with Crippen LogP contribution in [0.25, 0.3) is 16.1 Å². The molecule has 1 aliphatic carbocycles. The summed E-state index contributed by atoms with van der Waals surface area (Å²) in [5.41, 5.74) is 17.7. The minimum Gasteiger partial charge on any atom is -0.396 e. The van der Waals surface area contributed by atoms with Gasteiger partial charge in [-0.2, -0.15) is 0 Å². The van der Waals surface area contributed by atoms with Gasteiger partial charge in [0, 0.05) is 17.3 Å². The maximum absolute atomic E-state index is 8.28. The third kappa shape index (κ3) is 1.79. The summed E-state index contributed by atoms with van der Waals surface area (Å²) < 4.78 is 1.92. The summed E-state index contributed by atoms with van der Waals surface area (Å²) in [5, 5.41) is 3.50. The van der Waals surface area contributed by atoms with E-state index in [9.17, 15) is 0 Å². The van der Waals surface area contributed by atoms with Crippen molar-refractivity contribution < 1.29 is 0 Å². The van der Waals surface area contributed by atoms with Crippen molar-refractivity contribution in [2.75, 3.05) is 5.73 Å². The van der Waals surface area contributed by atoms with Crippen molar-refractivity contribution in [2.24, 2.45) is 5.11 Å². The molecule has 1 saturated carbocycles. The largest absolute Gasteiger partial charge is 0.396 e. The van der Waals surface area contributed by atoms with Crippen LogP contribution in [0.4, 0.5) is 5.69 Å². The first-order chi connectivity index (χ1) is 8.28. The number of nitrogens with zero attached hydrogens (tertiary/aromatic N) is 5. The average Bonchev–Trinajstić information content (AvgIpc) is 3.07. The van der Waals surface area contributed by atoms with Gasteiger partial charge >= 0.3 is 0 Å². The van der Waals surface area contributed by atoms with Gasteiger partial charge in [0.25, 0.3) is 0 Å². The average molecular weight is 228 g/mol. The Morgan fingerprint density at radius 1 is 1.53 bits per heavy atom. The third-order valence-electron chi connectivity index (χ3n) is 3.00. The van der Waals surface area contributed by atoms with Gasteiger partial charge < -0.3 is 10.1 Å². The van der Waals surface area contributed by atoms with Gasteiger partial charge in [-0.15, -0.1) is 0 Å². The molecule has 0 unspecified atom stereocenters. The van der Waals surface area contributed by atoms with Crippen LogP contribution in [-0.4, -0.2) is 9.38 Å². The molecular formula is C11H12N6. The van der Waals surface area contributed by atoms with Crippen LogP contribution in [0, 0.1) is 0 Å². The van der Waals surface area contributed by atoms with Crippen molar-refractivity contribution in [3.63, 3.8) is 0 Å². The predicted molar refractivity (Wildman–Crippen MR) is 64.4 cm³/mol. The highest BCUT2D eigenvalue weighted by molar-refractivity contribution is 5.66. The zero-order chi connectivity index (χ0) is 11.8. The van der Waals surface area contributed by atoms with E-state index < -0.39 is 0 Å². The van der Waals surface area contributed by atoms with Crippen molar-refractivity contribution >= 4 is 11.3 Å². The van der Waals surface area contributed by atoms with E-state index in [2.05, 4.69) is 21.2 Å². The molecule has 3 rings (SSSR count). The monoisotopic (exact) mass is 228 g/mol. The quantitative estimate of drug-likeness (QED) is 0.496. The van der Waals surface area contributed by atoms with Gasteiger partial charge in [0.05, 0.1) is 17.9 Å². The van der Waals surface area contributed by atoms with E-state index in [1.54, 1.807) is 0 Å². The topological polar surface area (TPSA) is 92.1 Å². The number of hydrogen-bond donors (Lipinski definition) is 1. The Bertz CT molecular complexity index is 618. The van der Waals surface area contributed by atoms with Gasteiger partial charge in [0.2, 0.25) is 0 Å². The summed E-state index contributed by atoms with van der Waals surface area (Å²) in [6, 6.07) is 2.00. The fourth-order valence-electron chi connectivity index (χ4n) is 2.02. The lowest BCUT2D eigenvalue weighted by molar-refractivity contribution is 0.996. The summed E-state index contributed by atoms with van der Waals surface area (Å²) in [4.78, 5) is 7.07. The Balaban J connectivity index is 2.07. The van der Waals surface area contributed by atoms with Crippen LogP contribution in [0.3, 0.4) is 0 Å². The predicted octanol–water partition coefficient (Wildman–Crippen LogP) is 2.60.